The Morgan fingerprint density at radius 1 is 1.18 bits per heavy atom. The zero-order chi connectivity index (χ0) is 15.3. The lowest BCUT2D eigenvalue weighted by atomic mass is 9.47. The van der Waals surface area contributed by atoms with Gasteiger partial charge in [-0.1, -0.05) is 6.07 Å². The maximum atomic E-state index is 10.7. The minimum Gasteiger partial charge on any atom is -0.480 e. The van der Waals surface area contributed by atoms with E-state index < -0.39 is 5.97 Å². The van der Waals surface area contributed by atoms with Gasteiger partial charge in [-0.2, -0.15) is 0 Å². The SMILES string of the molecule is Cc1cc(NCC(=O)O)ccc1C12CC3CC(CC(C3)C1)C2. The zero-order valence-corrected chi connectivity index (χ0v) is 13.3. The van der Waals surface area contributed by atoms with Crippen LogP contribution in [0.3, 0.4) is 0 Å². The van der Waals surface area contributed by atoms with Crippen LogP contribution < -0.4 is 5.32 Å². The molecule has 4 fully saturated rings. The fraction of sp³-hybridized carbons (Fsp3) is 0.632. The Bertz CT molecular complexity index is 572. The molecular formula is C19H25NO2. The third-order valence-electron chi connectivity index (χ3n) is 6.28. The van der Waals surface area contributed by atoms with Gasteiger partial charge < -0.3 is 10.4 Å². The number of carbonyl (C=O) groups is 1. The fourth-order valence-electron chi connectivity index (χ4n) is 5.99. The van der Waals surface area contributed by atoms with Gasteiger partial charge in [-0.25, -0.2) is 0 Å². The Labute approximate surface area is 132 Å². The van der Waals surface area contributed by atoms with E-state index in [4.69, 9.17) is 5.11 Å². The van der Waals surface area contributed by atoms with Gasteiger partial charge in [0, 0.05) is 5.69 Å². The van der Waals surface area contributed by atoms with Gasteiger partial charge in [0.25, 0.3) is 0 Å². The predicted octanol–water partition coefficient (Wildman–Crippen LogP) is 3.96. The highest BCUT2D eigenvalue weighted by Crippen LogP contribution is 2.61. The standard InChI is InChI=1S/C19H25NO2/c1-12-4-16(20-11-18(21)22)2-3-17(12)19-8-13-5-14(9-19)7-15(6-13)10-19/h2-4,13-15,20H,5-11H2,1H3,(H,21,22). The normalized spacial score (nSPS) is 35.6. The Morgan fingerprint density at radius 3 is 2.27 bits per heavy atom. The fourth-order valence-corrected chi connectivity index (χ4v) is 5.99. The molecule has 118 valence electrons. The topological polar surface area (TPSA) is 49.3 Å². The second-order valence-corrected chi connectivity index (χ2v) is 7.97. The van der Waals surface area contributed by atoms with E-state index in [-0.39, 0.29) is 6.54 Å². The van der Waals surface area contributed by atoms with Crippen molar-refractivity contribution in [3.8, 4) is 0 Å². The number of hydrogen-bond donors (Lipinski definition) is 2. The van der Waals surface area contributed by atoms with Gasteiger partial charge in [-0.15, -0.1) is 0 Å². The second-order valence-electron chi connectivity index (χ2n) is 7.97. The maximum Gasteiger partial charge on any atom is 0.322 e. The van der Waals surface area contributed by atoms with Gasteiger partial charge in [0.2, 0.25) is 0 Å². The molecule has 1 aromatic carbocycles. The van der Waals surface area contributed by atoms with Crippen molar-refractivity contribution in [2.75, 3.05) is 11.9 Å². The van der Waals surface area contributed by atoms with Gasteiger partial charge in [0.05, 0.1) is 0 Å². The summed E-state index contributed by atoms with van der Waals surface area (Å²) < 4.78 is 0. The van der Waals surface area contributed by atoms with Crippen LogP contribution in [-0.4, -0.2) is 17.6 Å². The van der Waals surface area contributed by atoms with E-state index in [1.54, 1.807) is 0 Å². The van der Waals surface area contributed by atoms with Crippen LogP contribution >= 0.6 is 0 Å². The van der Waals surface area contributed by atoms with Crippen molar-refractivity contribution in [3.05, 3.63) is 29.3 Å². The first-order valence-corrected chi connectivity index (χ1v) is 8.61. The summed E-state index contributed by atoms with van der Waals surface area (Å²) in [6.07, 6.45) is 8.54. The Morgan fingerprint density at radius 2 is 1.77 bits per heavy atom. The minimum atomic E-state index is -0.817. The van der Waals surface area contributed by atoms with Crippen LogP contribution in [0.2, 0.25) is 0 Å². The minimum absolute atomic E-state index is 0.0177. The van der Waals surface area contributed by atoms with Crippen LogP contribution in [0.25, 0.3) is 0 Å². The van der Waals surface area contributed by atoms with Crippen LogP contribution in [0.1, 0.15) is 49.7 Å². The molecule has 4 saturated carbocycles. The number of carboxylic acids is 1. The van der Waals surface area contributed by atoms with Crippen molar-refractivity contribution in [2.45, 2.75) is 50.9 Å². The highest BCUT2D eigenvalue weighted by molar-refractivity contribution is 5.72. The zero-order valence-electron chi connectivity index (χ0n) is 13.3. The van der Waals surface area contributed by atoms with E-state index in [9.17, 15) is 4.79 Å². The van der Waals surface area contributed by atoms with Crippen molar-refractivity contribution in [3.63, 3.8) is 0 Å². The summed E-state index contributed by atoms with van der Waals surface area (Å²) in [5.74, 6) is 2.05. The molecule has 0 aromatic heterocycles. The molecule has 2 N–H and O–H groups in total. The number of aryl methyl sites for hydroxylation is 1. The Kier molecular flexibility index (Phi) is 3.21. The van der Waals surface area contributed by atoms with Crippen LogP contribution in [0.15, 0.2) is 18.2 Å². The molecule has 0 atom stereocenters. The molecule has 4 bridgehead atoms. The molecule has 0 saturated heterocycles. The molecule has 0 radical (unpaired) electrons. The van der Waals surface area contributed by atoms with Crippen LogP contribution in [0.4, 0.5) is 5.69 Å². The summed E-state index contributed by atoms with van der Waals surface area (Å²) >= 11 is 0. The van der Waals surface area contributed by atoms with Crippen LogP contribution in [0.5, 0.6) is 0 Å². The number of anilines is 1. The van der Waals surface area contributed by atoms with Gasteiger partial charge >= 0.3 is 5.97 Å². The van der Waals surface area contributed by atoms with Crippen molar-refractivity contribution in [1.29, 1.82) is 0 Å². The first-order valence-electron chi connectivity index (χ1n) is 8.61. The number of aliphatic carboxylic acids is 1. The first-order chi connectivity index (χ1) is 10.5. The smallest absolute Gasteiger partial charge is 0.322 e. The van der Waals surface area contributed by atoms with E-state index in [2.05, 4.69) is 30.4 Å². The lowest BCUT2D eigenvalue weighted by Crippen LogP contribution is -2.48. The van der Waals surface area contributed by atoms with Crippen molar-refractivity contribution >= 4 is 11.7 Å². The summed E-state index contributed by atoms with van der Waals surface area (Å²) in [5, 5.41) is 11.8. The molecule has 0 aliphatic heterocycles. The van der Waals surface area contributed by atoms with Crippen molar-refractivity contribution in [1.82, 2.24) is 0 Å². The van der Waals surface area contributed by atoms with Crippen molar-refractivity contribution in [2.24, 2.45) is 17.8 Å². The molecule has 0 unspecified atom stereocenters. The molecule has 22 heavy (non-hydrogen) atoms. The Hall–Kier alpha value is -1.51. The largest absolute Gasteiger partial charge is 0.480 e. The van der Waals surface area contributed by atoms with Gasteiger partial charge in [-0.05, 0) is 91.9 Å². The lowest BCUT2D eigenvalue weighted by molar-refractivity contribution is -0.134. The van der Waals surface area contributed by atoms with E-state index in [1.807, 2.05) is 0 Å². The highest BCUT2D eigenvalue weighted by atomic mass is 16.4. The number of carboxylic acid groups (broad SMARTS) is 1. The quantitative estimate of drug-likeness (QED) is 0.884. The maximum absolute atomic E-state index is 10.7. The lowest BCUT2D eigenvalue weighted by Gasteiger charge is -2.57. The molecule has 0 amide bonds. The van der Waals surface area contributed by atoms with Crippen LogP contribution in [-0.2, 0) is 10.2 Å². The average Bonchev–Trinajstić information content (AvgIpc) is 2.43. The summed E-state index contributed by atoms with van der Waals surface area (Å²) in [4.78, 5) is 10.7. The first kappa shape index (κ1) is 14.1. The summed E-state index contributed by atoms with van der Waals surface area (Å²) in [6.45, 7) is 2.18. The van der Waals surface area contributed by atoms with Gasteiger partial charge in [-0.3, -0.25) is 4.79 Å². The molecule has 3 heteroatoms. The number of rotatable bonds is 4. The predicted molar refractivity (Wildman–Crippen MR) is 87.2 cm³/mol. The van der Waals surface area contributed by atoms with Crippen LogP contribution in [0, 0.1) is 24.7 Å². The second kappa shape index (κ2) is 5.00. The molecule has 4 aliphatic rings. The molecule has 0 heterocycles. The van der Waals surface area contributed by atoms with E-state index in [1.165, 1.54) is 49.7 Å². The summed E-state index contributed by atoms with van der Waals surface area (Å²) in [7, 11) is 0. The summed E-state index contributed by atoms with van der Waals surface area (Å²) in [5.41, 5.74) is 4.21. The molecule has 3 nitrogen and oxygen atoms in total. The van der Waals surface area contributed by atoms with Gasteiger partial charge in [0.1, 0.15) is 6.54 Å². The summed E-state index contributed by atoms with van der Waals surface area (Å²) in [6, 6.07) is 6.48. The third kappa shape index (κ3) is 2.31. The molecule has 5 rings (SSSR count). The Balaban J connectivity index is 1.61. The van der Waals surface area contributed by atoms with Crippen molar-refractivity contribution < 1.29 is 9.90 Å². The third-order valence-corrected chi connectivity index (χ3v) is 6.28. The molecule has 0 spiro atoms. The monoisotopic (exact) mass is 299 g/mol. The number of nitrogens with one attached hydrogen (secondary N) is 1. The number of benzene rings is 1. The van der Waals surface area contributed by atoms with E-state index in [0.717, 1.165) is 23.4 Å². The molecule has 4 aliphatic carbocycles. The number of hydrogen-bond acceptors (Lipinski definition) is 2. The molecule has 1 aromatic rings. The highest BCUT2D eigenvalue weighted by Gasteiger charge is 2.51. The van der Waals surface area contributed by atoms with Gasteiger partial charge in [0.15, 0.2) is 0 Å². The average molecular weight is 299 g/mol. The van der Waals surface area contributed by atoms with E-state index in [0.29, 0.717) is 5.41 Å². The molecular weight excluding hydrogens is 274 g/mol. The van der Waals surface area contributed by atoms with E-state index >= 15 is 0 Å².